The lowest BCUT2D eigenvalue weighted by molar-refractivity contribution is -0.112. The van der Waals surface area contributed by atoms with E-state index in [0.29, 0.717) is 6.42 Å². The van der Waals surface area contributed by atoms with Gasteiger partial charge in [-0.25, -0.2) is 0 Å². The molecule has 0 aromatic carbocycles. The molecule has 0 aromatic heterocycles. The van der Waals surface area contributed by atoms with Gasteiger partial charge in [0.1, 0.15) is 12.6 Å². The fourth-order valence-corrected chi connectivity index (χ4v) is 0.933. The first-order valence-electron chi connectivity index (χ1n) is 3.74. The van der Waals surface area contributed by atoms with Crippen molar-refractivity contribution >= 4 is 12.6 Å². The molecule has 2 heteroatoms. The summed E-state index contributed by atoms with van der Waals surface area (Å²) in [6, 6.07) is 0. The third-order valence-electron chi connectivity index (χ3n) is 1.51. The molecule has 58 valence electrons. The van der Waals surface area contributed by atoms with Crippen LogP contribution < -0.4 is 0 Å². The molecule has 0 rings (SSSR count). The number of hydrogen-bond donors (Lipinski definition) is 0. The molecule has 0 aliphatic rings. The SMILES string of the molecule is CCCC(C=O)CCC=O. The molecule has 0 aromatic rings. The predicted octanol–water partition coefficient (Wildman–Crippen LogP) is 1.58. The van der Waals surface area contributed by atoms with Crippen LogP contribution >= 0.6 is 0 Å². The topological polar surface area (TPSA) is 34.1 Å². The van der Waals surface area contributed by atoms with Gasteiger partial charge in [0.15, 0.2) is 0 Å². The van der Waals surface area contributed by atoms with Gasteiger partial charge in [0.2, 0.25) is 0 Å². The van der Waals surface area contributed by atoms with E-state index in [1.54, 1.807) is 0 Å². The standard InChI is InChI=1S/C8H14O2/c1-2-4-8(7-10)5-3-6-9/h6-8H,2-5H2,1H3. The lowest BCUT2D eigenvalue weighted by Crippen LogP contribution is -2.01. The third kappa shape index (κ3) is 4.24. The van der Waals surface area contributed by atoms with Crippen molar-refractivity contribution in [2.45, 2.75) is 32.6 Å². The number of hydrogen-bond acceptors (Lipinski definition) is 2. The van der Waals surface area contributed by atoms with Crippen LogP contribution in [0.1, 0.15) is 32.6 Å². The van der Waals surface area contributed by atoms with Crippen LogP contribution in [0.2, 0.25) is 0 Å². The van der Waals surface area contributed by atoms with Crippen molar-refractivity contribution in [3.8, 4) is 0 Å². The molecule has 0 saturated heterocycles. The van der Waals surface area contributed by atoms with Gasteiger partial charge in [0.05, 0.1) is 0 Å². The van der Waals surface area contributed by atoms with Crippen LogP contribution in [-0.4, -0.2) is 12.6 Å². The summed E-state index contributed by atoms with van der Waals surface area (Å²) in [7, 11) is 0. The summed E-state index contributed by atoms with van der Waals surface area (Å²) in [5.74, 6) is 0.107. The van der Waals surface area contributed by atoms with Gasteiger partial charge in [-0.05, 0) is 12.8 Å². The summed E-state index contributed by atoms with van der Waals surface area (Å²) in [5, 5.41) is 0. The first-order valence-corrected chi connectivity index (χ1v) is 3.74. The molecule has 0 spiro atoms. The Hall–Kier alpha value is -0.660. The van der Waals surface area contributed by atoms with Crippen molar-refractivity contribution in [3.05, 3.63) is 0 Å². The fourth-order valence-electron chi connectivity index (χ4n) is 0.933. The van der Waals surface area contributed by atoms with Crippen molar-refractivity contribution in [3.63, 3.8) is 0 Å². The smallest absolute Gasteiger partial charge is 0.123 e. The normalized spacial score (nSPS) is 12.5. The molecule has 0 radical (unpaired) electrons. The maximum atomic E-state index is 10.3. The highest BCUT2D eigenvalue weighted by molar-refractivity contribution is 5.55. The molecular weight excluding hydrogens is 128 g/mol. The van der Waals surface area contributed by atoms with Gasteiger partial charge >= 0.3 is 0 Å². The van der Waals surface area contributed by atoms with Crippen molar-refractivity contribution in [1.29, 1.82) is 0 Å². The van der Waals surface area contributed by atoms with Crippen molar-refractivity contribution in [2.75, 3.05) is 0 Å². The zero-order chi connectivity index (χ0) is 7.82. The van der Waals surface area contributed by atoms with Crippen LogP contribution in [0.3, 0.4) is 0 Å². The molecule has 0 aliphatic heterocycles. The zero-order valence-corrected chi connectivity index (χ0v) is 6.38. The zero-order valence-electron chi connectivity index (χ0n) is 6.38. The molecule has 0 fully saturated rings. The van der Waals surface area contributed by atoms with Gasteiger partial charge < -0.3 is 9.59 Å². The molecular formula is C8H14O2. The van der Waals surface area contributed by atoms with E-state index in [1.165, 1.54) is 0 Å². The second-order valence-electron chi connectivity index (χ2n) is 2.43. The van der Waals surface area contributed by atoms with Gasteiger partial charge in [-0.15, -0.1) is 0 Å². The van der Waals surface area contributed by atoms with Crippen LogP contribution in [0.5, 0.6) is 0 Å². The van der Waals surface area contributed by atoms with Gasteiger partial charge in [-0.2, -0.15) is 0 Å². The minimum Gasteiger partial charge on any atom is -0.303 e. The Morgan fingerprint density at radius 3 is 2.40 bits per heavy atom. The van der Waals surface area contributed by atoms with Crippen LogP contribution in [0.25, 0.3) is 0 Å². The van der Waals surface area contributed by atoms with E-state index >= 15 is 0 Å². The van der Waals surface area contributed by atoms with Crippen LogP contribution in [-0.2, 0) is 9.59 Å². The molecule has 0 aliphatic carbocycles. The maximum absolute atomic E-state index is 10.3. The molecule has 2 nitrogen and oxygen atoms in total. The van der Waals surface area contributed by atoms with E-state index in [9.17, 15) is 9.59 Å². The van der Waals surface area contributed by atoms with Gasteiger partial charge in [0, 0.05) is 12.3 Å². The lowest BCUT2D eigenvalue weighted by atomic mass is 10.0. The summed E-state index contributed by atoms with van der Waals surface area (Å²) in [6.45, 7) is 2.04. The van der Waals surface area contributed by atoms with E-state index in [-0.39, 0.29) is 5.92 Å². The molecule has 0 N–H and O–H groups in total. The summed E-state index contributed by atoms with van der Waals surface area (Å²) in [4.78, 5) is 20.2. The summed E-state index contributed by atoms with van der Waals surface area (Å²) in [6.07, 6.45) is 4.99. The third-order valence-corrected chi connectivity index (χ3v) is 1.51. The van der Waals surface area contributed by atoms with E-state index in [1.807, 2.05) is 6.92 Å². The first kappa shape index (κ1) is 9.34. The monoisotopic (exact) mass is 142 g/mol. The van der Waals surface area contributed by atoms with Gasteiger partial charge in [-0.3, -0.25) is 0 Å². The average Bonchev–Trinajstić information content (AvgIpc) is 1.98. The molecule has 1 unspecified atom stereocenters. The molecule has 0 saturated carbocycles. The largest absolute Gasteiger partial charge is 0.303 e. The van der Waals surface area contributed by atoms with E-state index in [0.717, 1.165) is 31.8 Å². The van der Waals surface area contributed by atoms with Crippen LogP contribution in [0.15, 0.2) is 0 Å². The Labute approximate surface area is 61.6 Å². The highest BCUT2D eigenvalue weighted by Gasteiger charge is 2.03. The predicted molar refractivity (Wildman–Crippen MR) is 39.8 cm³/mol. The van der Waals surface area contributed by atoms with Crippen LogP contribution in [0, 0.1) is 5.92 Å². The minimum absolute atomic E-state index is 0.107. The fraction of sp³-hybridized carbons (Fsp3) is 0.750. The van der Waals surface area contributed by atoms with Crippen molar-refractivity contribution in [2.24, 2.45) is 5.92 Å². The summed E-state index contributed by atoms with van der Waals surface area (Å²) >= 11 is 0. The first-order chi connectivity index (χ1) is 4.85. The molecule has 0 bridgehead atoms. The second-order valence-corrected chi connectivity index (χ2v) is 2.43. The van der Waals surface area contributed by atoms with Crippen molar-refractivity contribution in [1.82, 2.24) is 0 Å². The highest BCUT2D eigenvalue weighted by atomic mass is 16.1. The molecule has 10 heavy (non-hydrogen) atoms. The number of aldehydes is 2. The van der Waals surface area contributed by atoms with E-state index in [2.05, 4.69) is 0 Å². The van der Waals surface area contributed by atoms with E-state index in [4.69, 9.17) is 0 Å². The summed E-state index contributed by atoms with van der Waals surface area (Å²) in [5.41, 5.74) is 0. The summed E-state index contributed by atoms with van der Waals surface area (Å²) < 4.78 is 0. The Balaban J connectivity index is 3.38. The van der Waals surface area contributed by atoms with Gasteiger partial charge in [0.25, 0.3) is 0 Å². The Morgan fingerprint density at radius 2 is 2.00 bits per heavy atom. The quantitative estimate of drug-likeness (QED) is 0.527. The molecule has 1 atom stereocenters. The minimum atomic E-state index is 0.107. The maximum Gasteiger partial charge on any atom is 0.123 e. The number of carbonyl (C=O) groups is 2. The Bertz CT molecular complexity index is 99.4. The average molecular weight is 142 g/mol. The highest BCUT2D eigenvalue weighted by Crippen LogP contribution is 2.08. The lowest BCUT2D eigenvalue weighted by Gasteiger charge is -2.03. The van der Waals surface area contributed by atoms with E-state index < -0.39 is 0 Å². The molecule has 0 amide bonds. The molecule has 0 heterocycles. The number of carbonyl (C=O) groups excluding carboxylic acids is 2. The van der Waals surface area contributed by atoms with Gasteiger partial charge in [-0.1, -0.05) is 13.3 Å². The van der Waals surface area contributed by atoms with Crippen LogP contribution in [0.4, 0.5) is 0 Å². The number of rotatable bonds is 6. The Kier molecular flexibility index (Phi) is 6.03. The Morgan fingerprint density at radius 1 is 1.30 bits per heavy atom. The second kappa shape index (κ2) is 6.46. The van der Waals surface area contributed by atoms with Crippen molar-refractivity contribution < 1.29 is 9.59 Å².